The van der Waals surface area contributed by atoms with Crippen LogP contribution in [0, 0.1) is 11.3 Å². The van der Waals surface area contributed by atoms with Gasteiger partial charge in [-0.2, -0.15) is 5.26 Å². The number of carbonyl (C=O) groups is 1. The number of ether oxygens (including phenoxy) is 1. The van der Waals surface area contributed by atoms with Crippen molar-refractivity contribution >= 4 is 21.6 Å². The van der Waals surface area contributed by atoms with Crippen LogP contribution in [0.2, 0.25) is 0 Å². The van der Waals surface area contributed by atoms with E-state index in [1.54, 1.807) is 31.2 Å². The molecule has 0 saturated carbocycles. The maximum atomic E-state index is 13.0. The Morgan fingerprint density at radius 3 is 2.46 bits per heavy atom. The van der Waals surface area contributed by atoms with Crippen LogP contribution in [-0.2, 0) is 14.8 Å². The van der Waals surface area contributed by atoms with E-state index in [0.717, 1.165) is 0 Å². The first-order valence-corrected chi connectivity index (χ1v) is 10.2. The van der Waals surface area contributed by atoms with Crippen LogP contribution in [0.4, 0.5) is 5.69 Å². The zero-order chi connectivity index (χ0) is 20.1. The molecular formula is C20H19N3O4S. The van der Waals surface area contributed by atoms with Crippen LogP contribution in [0.5, 0.6) is 0 Å². The van der Waals surface area contributed by atoms with Crippen molar-refractivity contribution in [2.24, 2.45) is 0 Å². The molecule has 8 heteroatoms. The Kier molecular flexibility index (Phi) is 5.66. The summed E-state index contributed by atoms with van der Waals surface area (Å²) in [6, 6.07) is 16.5. The topological polar surface area (TPSA) is 99.5 Å². The van der Waals surface area contributed by atoms with Crippen LogP contribution in [0.25, 0.3) is 0 Å². The first-order chi connectivity index (χ1) is 13.5. The van der Waals surface area contributed by atoms with Gasteiger partial charge in [0.05, 0.1) is 22.8 Å². The molecule has 0 spiro atoms. The average Bonchev–Trinajstić information content (AvgIpc) is 3.16. The Bertz CT molecular complexity index is 1040. The van der Waals surface area contributed by atoms with E-state index in [9.17, 15) is 13.2 Å². The molecule has 1 heterocycles. The van der Waals surface area contributed by atoms with Gasteiger partial charge in [0, 0.05) is 18.5 Å². The van der Waals surface area contributed by atoms with Gasteiger partial charge in [0.2, 0.25) is 5.88 Å². The number of nitrogens with one attached hydrogen (secondary N) is 1. The monoisotopic (exact) mass is 397 g/mol. The lowest BCUT2D eigenvalue weighted by atomic mass is 10.2. The minimum atomic E-state index is -3.76. The molecule has 0 fully saturated rings. The van der Waals surface area contributed by atoms with E-state index in [2.05, 4.69) is 5.32 Å². The number of amides is 1. The number of nitrogens with zero attached hydrogens (tertiary/aromatic N) is 2. The van der Waals surface area contributed by atoms with Crippen LogP contribution >= 0.6 is 0 Å². The van der Waals surface area contributed by atoms with Crippen molar-refractivity contribution < 1.29 is 17.9 Å². The summed E-state index contributed by atoms with van der Waals surface area (Å²) in [5.74, 6) is -0.311. The first kappa shape index (κ1) is 19.5. The van der Waals surface area contributed by atoms with Crippen LogP contribution in [0.15, 0.2) is 70.9 Å². The number of sulfonamides is 1. The fraction of sp³-hybridized carbons (Fsp3) is 0.200. The summed E-state index contributed by atoms with van der Waals surface area (Å²) >= 11 is 0. The highest BCUT2D eigenvalue weighted by atomic mass is 32.2. The standard InChI is InChI=1S/C20H19N3O4S/c1-2-23(17-6-4-3-5-7-17)28(25,26)18-10-8-15(9-11-18)19(24)22-20-16(14-21)12-13-27-20/h3-11H,2,12-13H2,1H3,(H,22,24). The Labute approximate surface area is 163 Å². The fourth-order valence-corrected chi connectivity index (χ4v) is 4.31. The normalized spacial score (nSPS) is 13.6. The minimum Gasteiger partial charge on any atom is -0.478 e. The van der Waals surface area contributed by atoms with Crippen LogP contribution in [-0.4, -0.2) is 27.5 Å². The lowest BCUT2D eigenvalue weighted by Gasteiger charge is -2.23. The molecule has 0 aromatic heterocycles. The smallest absolute Gasteiger partial charge is 0.264 e. The summed E-state index contributed by atoms with van der Waals surface area (Å²) in [4.78, 5) is 12.4. The van der Waals surface area contributed by atoms with E-state index in [0.29, 0.717) is 24.3 Å². The molecule has 0 atom stereocenters. The van der Waals surface area contributed by atoms with Crippen molar-refractivity contribution in [1.29, 1.82) is 5.26 Å². The lowest BCUT2D eigenvalue weighted by molar-refractivity contribution is 0.0930. The van der Waals surface area contributed by atoms with Crippen LogP contribution in [0.3, 0.4) is 0 Å². The SMILES string of the molecule is CCN(c1ccccc1)S(=O)(=O)c1ccc(C(=O)NC2=C(C#N)CCO2)cc1. The summed E-state index contributed by atoms with van der Waals surface area (Å²) in [6.45, 7) is 2.38. The van der Waals surface area contributed by atoms with Gasteiger partial charge in [-0.05, 0) is 43.3 Å². The van der Waals surface area contributed by atoms with Crippen molar-refractivity contribution in [3.8, 4) is 6.07 Å². The molecule has 3 rings (SSSR count). The van der Waals surface area contributed by atoms with Gasteiger partial charge in [-0.3, -0.25) is 14.4 Å². The van der Waals surface area contributed by atoms with Crippen LogP contribution in [0.1, 0.15) is 23.7 Å². The largest absolute Gasteiger partial charge is 0.478 e. The highest BCUT2D eigenvalue weighted by molar-refractivity contribution is 7.92. The number of hydrogen-bond acceptors (Lipinski definition) is 5. The molecule has 7 nitrogen and oxygen atoms in total. The predicted molar refractivity (Wildman–Crippen MR) is 104 cm³/mol. The first-order valence-electron chi connectivity index (χ1n) is 8.72. The highest BCUT2D eigenvalue weighted by Gasteiger charge is 2.24. The van der Waals surface area contributed by atoms with E-state index in [-0.39, 0.29) is 22.9 Å². The number of benzene rings is 2. The van der Waals surface area contributed by atoms with E-state index >= 15 is 0 Å². The number of rotatable bonds is 6. The molecule has 0 saturated heterocycles. The zero-order valence-electron chi connectivity index (χ0n) is 15.3. The lowest BCUT2D eigenvalue weighted by Crippen LogP contribution is -2.30. The molecule has 2 aromatic rings. The molecule has 0 unspecified atom stereocenters. The third-order valence-corrected chi connectivity index (χ3v) is 6.19. The molecule has 0 aliphatic carbocycles. The van der Waals surface area contributed by atoms with Gasteiger partial charge >= 0.3 is 0 Å². The zero-order valence-corrected chi connectivity index (χ0v) is 16.1. The van der Waals surface area contributed by atoms with Crippen molar-refractivity contribution in [2.75, 3.05) is 17.5 Å². The van der Waals surface area contributed by atoms with E-state index in [1.807, 2.05) is 12.1 Å². The number of para-hydroxylation sites is 1. The summed E-state index contributed by atoms with van der Waals surface area (Å²) in [7, 11) is -3.76. The van der Waals surface area contributed by atoms with E-state index in [4.69, 9.17) is 10.00 Å². The maximum Gasteiger partial charge on any atom is 0.264 e. The molecule has 1 amide bonds. The van der Waals surface area contributed by atoms with Gasteiger partial charge in [0.25, 0.3) is 15.9 Å². The van der Waals surface area contributed by atoms with Gasteiger partial charge in [0.1, 0.15) is 6.07 Å². The molecular weight excluding hydrogens is 378 g/mol. The van der Waals surface area contributed by atoms with Crippen molar-refractivity contribution in [2.45, 2.75) is 18.2 Å². The third-order valence-electron chi connectivity index (χ3n) is 4.27. The molecule has 1 aliphatic heterocycles. The maximum absolute atomic E-state index is 13.0. The van der Waals surface area contributed by atoms with Gasteiger partial charge in [-0.25, -0.2) is 8.42 Å². The second kappa shape index (κ2) is 8.15. The second-order valence-electron chi connectivity index (χ2n) is 6.00. The second-order valence-corrected chi connectivity index (χ2v) is 7.86. The Morgan fingerprint density at radius 1 is 1.18 bits per heavy atom. The van der Waals surface area contributed by atoms with Gasteiger partial charge in [0.15, 0.2) is 0 Å². The van der Waals surface area contributed by atoms with Gasteiger partial charge < -0.3 is 4.74 Å². The summed E-state index contributed by atoms with van der Waals surface area (Å²) in [6.07, 6.45) is 0.454. The number of anilines is 1. The number of hydrogen-bond donors (Lipinski definition) is 1. The van der Waals surface area contributed by atoms with Crippen molar-refractivity contribution in [1.82, 2.24) is 5.32 Å². The predicted octanol–water partition coefficient (Wildman–Crippen LogP) is 2.79. The molecule has 0 bridgehead atoms. The summed E-state index contributed by atoms with van der Waals surface area (Å²) < 4.78 is 32.5. The summed E-state index contributed by atoms with van der Waals surface area (Å²) in [5.41, 5.74) is 1.22. The Morgan fingerprint density at radius 2 is 1.86 bits per heavy atom. The Hall–Kier alpha value is -3.31. The minimum absolute atomic E-state index is 0.0869. The number of carbonyl (C=O) groups excluding carboxylic acids is 1. The molecule has 1 N–H and O–H groups in total. The fourth-order valence-electron chi connectivity index (χ4n) is 2.84. The highest BCUT2D eigenvalue weighted by Crippen LogP contribution is 2.23. The van der Waals surface area contributed by atoms with Crippen molar-refractivity contribution in [3.63, 3.8) is 0 Å². The average molecular weight is 397 g/mol. The molecule has 28 heavy (non-hydrogen) atoms. The van der Waals surface area contributed by atoms with Crippen molar-refractivity contribution in [3.05, 3.63) is 71.6 Å². The van der Waals surface area contributed by atoms with E-state index < -0.39 is 15.9 Å². The number of nitriles is 1. The van der Waals surface area contributed by atoms with Crippen LogP contribution < -0.4 is 9.62 Å². The molecule has 0 radical (unpaired) electrons. The van der Waals surface area contributed by atoms with E-state index in [1.165, 1.54) is 28.6 Å². The Balaban J connectivity index is 1.82. The molecule has 2 aromatic carbocycles. The van der Waals surface area contributed by atoms with Gasteiger partial charge in [-0.1, -0.05) is 18.2 Å². The molecule has 1 aliphatic rings. The summed E-state index contributed by atoms with van der Waals surface area (Å²) in [5, 5.41) is 11.6. The quantitative estimate of drug-likeness (QED) is 0.808. The molecule has 144 valence electrons. The third kappa shape index (κ3) is 3.85. The van der Waals surface area contributed by atoms with Gasteiger partial charge in [-0.15, -0.1) is 0 Å².